The molecule has 0 aliphatic heterocycles. The van der Waals surface area contributed by atoms with Crippen molar-refractivity contribution in [3.63, 3.8) is 0 Å². The summed E-state index contributed by atoms with van der Waals surface area (Å²) in [7, 11) is 1.44. The molecule has 0 aromatic carbocycles. The summed E-state index contributed by atoms with van der Waals surface area (Å²) in [6.07, 6.45) is 3.25. The highest BCUT2D eigenvalue weighted by Gasteiger charge is 2.30. The van der Waals surface area contributed by atoms with Gasteiger partial charge in [-0.1, -0.05) is 0 Å². The summed E-state index contributed by atoms with van der Waals surface area (Å²) in [6, 6.07) is 1.55. The van der Waals surface area contributed by atoms with Crippen LogP contribution in [0.3, 0.4) is 0 Å². The minimum atomic E-state index is -0.569. The van der Waals surface area contributed by atoms with Gasteiger partial charge in [0.05, 0.1) is 13.2 Å². The third-order valence-electron chi connectivity index (χ3n) is 2.05. The van der Waals surface area contributed by atoms with Crippen LogP contribution < -0.4 is 9.47 Å². The molecule has 0 bridgehead atoms. The van der Waals surface area contributed by atoms with Crippen molar-refractivity contribution >= 4 is 5.82 Å². The second-order valence-electron chi connectivity index (χ2n) is 3.24. The van der Waals surface area contributed by atoms with E-state index in [2.05, 4.69) is 4.98 Å². The molecule has 1 aromatic heterocycles. The van der Waals surface area contributed by atoms with E-state index in [1.165, 1.54) is 13.3 Å². The van der Waals surface area contributed by atoms with Crippen molar-refractivity contribution < 1.29 is 14.4 Å². The Morgan fingerprint density at radius 3 is 2.87 bits per heavy atom. The zero-order valence-electron chi connectivity index (χ0n) is 8.17. The van der Waals surface area contributed by atoms with Gasteiger partial charge in [0.2, 0.25) is 0 Å². The Morgan fingerprint density at radius 1 is 1.60 bits per heavy atom. The molecular weight excluding hydrogens is 200 g/mol. The Bertz CT molecular complexity index is 390. The molecule has 1 aliphatic rings. The topological polar surface area (TPSA) is 74.5 Å². The molecule has 0 unspecified atom stereocenters. The van der Waals surface area contributed by atoms with Crippen LogP contribution in [0.4, 0.5) is 5.82 Å². The van der Waals surface area contributed by atoms with E-state index in [4.69, 9.17) is 9.47 Å². The summed E-state index contributed by atoms with van der Waals surface area (Å²) < 4.78 is 10.4. The molecule has 0 N–H and O–H groups in total. The van der Waals surface area contributed by atoms with Gasteiger partial charge in [-0.15, -0.1) is 0 Å². The fourth-order valence-corrected chi connectivity index (χ4v) is 1.17. The molecule has 80 valence electrons. The lowest BCUT2D eigenvalue weighted by Gasteiger charge is -2.08. The summed E-state index contributed by atoms with van der Waals surface area (Å²) >= 11 is 0. The van der Waals surface area contributed by atoms with Crippen molar-refractivity contribution in [3.05, 3.63) is 22.4 Å². The van der Waals surface area contributed by atoms with Crippen LogP contribution in [0.2, 0.25) is 0 Å². The minimum absolute atomic E-state index is 0.0711. The van der Waals surface area contributed by atoms with Gasteiger partial charge in [-0.25, -0.2) is 0 Å². The van der Waals surface area contributed by atoms with Crippen LogP contribution in [0.5, 0.6) is 11.5 Å². The third kappa shape index (κ3) is 1.98. The van der Waals surface area contributed by atoms with Crippen LogP contribution >= 0.6 is 0 Å². The van der Waals surface area contributed by atoms with E-state index in [1.54, 1.807) is 6.07 Å². The molecule has 0 spiro atoms. The van der Waals surface area contributed by atoms with E-state index in [0.717, 1.165) is 12.8 Å². The monoisotopic (exact) mass is 210 g/mol. The van der Waals surface area contributed by atoms with E-state index in [0.29, 0.717) is 5.75 Å². The Kier molecular flexibility index (Phi) is 2.40. The second-order valence-corrected chi connectivity index (χ2v) is 3.24. The molecule has 15 heavy (non-hydrogen) atoms. The highest BCUT2D eigenvalue weighted by Crippen LogP contribution is 2.38. The number of aromatic nitrogens is 1. The molecule has 0 radical (unpaired) electrons. The zero-order valence-corrected chi connectivity index (χ0v) is 8.17. The number of rotatable bonds is 4. The average Bonchev–Trinajstić information content (AvgIpc) is 3.01. The maximum absolute atomic E-state index is 10.7. The highest BCUT2D eigenvalue weighted by molar-refractivity contribution is 5.50. The first-order valence-corrected chi connectivity index (χ1v) is 4.56. The molecule has 0 atom stereocenters. The van der Waals surface area contributed by atoms with Crippen molar-refractivity contribution in [2.24, 2.45) is 0 Å². The number of nitrogens with zero attached hydrogens (tertiary/aromatic N) is 2. The van der Waals surface area contributed by atoms with Gasteiger partial charge in [-0.2, -0.15) is 0 Å². The average molecular weight is 210 g/mol. The predicted octanol–water partition coefficient (Wildman–Crippen LogP) is 1.54. The molecule has 1 aliphatic carbocycles. The molecule has 6 nitrogen and oxygen atoms in total. The Hall–Kier alpha value is -1.85. The largest absolute Gasteiger partial charge is 0.492 e. The number of nitro groups is 1. The van der Waals surface area contributed by atoms with Crippen molar-refractivity contribution in [2.75, 3.05) is 7.11 Å². The third-order valence-corrected chi connectivity index (χ3v) is 2.05. The number of methoxy groups -OCH3 is 1. The van der Waals surface area contributed by atoms with E-state index in [9.17, 15) is 10.1 Å². The number of hydrogen-bond acceptors (Lipinski definition) is 5. The lowest BCUT2D eigenvalue weighted by Crippen LogP contribution is -2.03. The van der Waals surface area contributed by atoms with Crippen LogP contribution in [-0.2, 0) is 0 Å². The Labute approximate surface area is 86.0 Å². The fourth-order valence-electron chi connectivity index (χ4n) is 1.17. The summed E-state index contributed by atoms with van der Waals surface area (Å²) in [5, 5.41) is 10.7. The number of hydrogen-bond donors (Lipinski definition) is 0. The summed E-state index contributed by atoms with van der Waals surface area (Å²) in [5.74, 6) is 0.192. The smallest absolute Gasteiger partial charge is 0.410 e. The summed E-state index contributed by atoms with van der Waals surface area (Å²) in [5.41, 5.74) is 0. The first-order valence-electron chi connectivity index (χ1n) is 4.56. The molecule has 0 amide bonds. The molecule has 1 fully saturated rings. The Morgan fingerprint density at radius 2 is 2.33 bits per heavy atom. The maximum atomic E-state index is 10.7. The molecule has 2 rings (SSSR count). The molecular formula is C9H10N2O4. The van der Waals surface area contributed by atoms with Crippen molar-refractivity contribution in [2.45, 2.75) is 18.9 Å². The van der Waals surface area contributed by atoms with Crippen LogP contribution in [0.15, 0.2) is 12.3 Å². The van der Waals surface area contributed by atoms with Gasteiger partial charge in [0.1, 0.15) is 6.20 Å². The molecule has 0 saturated heterocycles. The van der Waals surface area contributed by atoms with Gasteiger partial charge in [-0.3, -0.25) is 0 Å². The lowest BCUT2D eigenvalue weighted by molar-refractivity contribution is -0.390. The van der Waals surface area contributed by atoms with Crippen molar-refractivity contribution in [1.29, 1.82) is 0 Å². The van der Waals surface area contributed by atoms with Crippen LogP contribution in [0, 0.1) is 10.1 Å². The van der Waals surface area contributed by atoms with Crippen molar-refractivity contribution in [1.82, 2.24) is 4.98 Å². The predicted molar refractivity (Wildman–Crippen MR) is 51.1 cm³/mol. The number of ether oxygens (including phenoxy) is 2. The SMILES string of the molecule is COc1ccnc([N+](=O)[O-])c1OC1CC1. The van der Waals surface area contributed by atoms with Gasteiger partial charge in [0.15, 0.2) is 5.75 Å². The first-order chi connectivity index (χ1) is 7.22. The second kappa shape index (κ2) is 3.72. The quantitative estimate of drug-likeness (QED) is 0.556. The first kappa shape index (κ1) is 9.70. The van der Waals surface area contributed by atoms with Crippen molar-refractivity contribution in [3.8, 4) is 11.5 Å². The Balaban J connectivity index is 2.38. The fraction of sp³-hybridized carbons (Fsp3) is 0.444. The normalized spacial score (nSPS) is 14.7. The lowest BCUT2D eigenvalue weighted by atomic mass is 10.4. The summed E-state index contributed by atoms with van der Waals surface area (Å²) in [4.78, 5) is 13.8. The molecule has 1 heterocycles. The standard InChI is InChI=1S/C9H10N2O4/c1-14-7-4-5-10-9(11(12)13)8(7)15-6-2-3-6/h4-6H,2-3H2,1H3. The van der Waals surface area contributed by atoms with Crippen LogP contribution in [-0.4, -0.2) is 23.1 Å². The molecule has 1 aromatic rings. The van der Waals surface area contributed by atoms with Gasteiger partial charge < -0.3 is 19.6 Å². The minimum Gasteiger partial charge on any atom is -0.492 e. The van der Waals surface area contributed by atoms with Gasteiger partial charge >= 0.3 is 5.82 Å². The highest BCUT2D eigenvalue weighted by atomic mass is 16.6. The van der Waals surface area contributed by atoms with E-state index in [-0.39, 0.29) is 17.7 Å². The maximum Gasteiger partial charge on any atom is 0.410 e. The van der Waals surface area contributed by atoms with E-state index in [1.807, 2.05) is 0 Å². The van der Waals surface area contributed by atoms with Gasteiger partial charge in [0, 0.05) is 6.07 Å². The van der Waals surface area contributed by atoms with Gasteiger partial charge in [0.25, 0.3) is 5.75 Å². The van der Waals surface area contributed by atoms with E-state index >= 15 is 0 Å². The van der Waals surface area contributed by atoms with Crippen LogP contribution in [0.1, 0.15) is 12.8 Å². The number of pyridine rings is 1. The molecule has 6 heteroatoms. The summed E-state index contributed by atoms with van der Waals surface area (Å²) in [6.45, 7) is 0. The molecule has 1 saturated carbocycles. The van der Waals surface area contributed by atoms with Crippen LogP contribution in [0.25, 0.3) is 0 Å². The van der Waals surface area contributed by atoms with Gasteiger partial charge in [-0.05, 0) is 22.7 Å². The van der Waals surface area contributed by atoms with E-state index < -0.39 is 4.92 Å². The zero-order chi connectivity index (χ0) is 10.8.